The molecule has 3 nitrogen and oxygen atoms in total. The van der Waals surface area contributed by atoms with Crippen molar-refractivity contribution in [3.63, 3.8) is 0 Å². The second-order valence-corrected chi connectivity index (χ2v) is 3.75. The number of pyridine rings is 1. The van der Waals surface area contributed by atoms with Crippen molar-refractivity contribution >= 4 is 5.69 Å². The minimum atomic E-state index is 0.501. The van der Waals surface area contributed by atoms with E-state index >= 15 is 0 Å². The van der Waals surface area contributed by atoms with Crippen molar-refractivity contribution in [1.82, 2.24) is 4.98 Å². The number of nitrogens with zero attached hydrogens (tertiary/aromatic N) is 2. The molecule has 0 radical (unpaired) electrons. The van der Waals surface area contributed by atoms with E-state index in [2.05, 4.69) is 36.8 Å². The second kappa shape index (κ2) is 5.71. The van der Waals surface area contributed by atoms with Gasteiger partial charge in [0.25, 0.3) is 0 Å². The average Bonchev–Trinajstić information content (AvgIpc) is 2.30. The third-order valence-electron chi connectivity index (χ3n) is 2.93. The molecule has 0 fully saturated rings. The van der Waals surface area contributed by atoms with E-state index in [0.717, 1.165) is 24.2 Å². The molecule has 0 bridgehead atoms. The molecule has 15 heavy (non-hydrogen) atoms. The lowest BCUT2D eigenvalue weighted by Crippen LogP contribution is -2.31. The lowest BCUT2D eigenvalue weighted by atomic mass is 10.1. The topological polar surface area (TPSA) is 42.2 Å². The number of hydrogen-bond acceptors (Lipinski definition) is 3. The number of hydrogen-bond donors (Lipinski definition) is 1. The molecule has 2 N–H and O–H groups in total. The molecule has 1 aromatic rings. The highest BCUT2D eigenvalue weighted by Gasteiger charge is 2.13. The SMILES string of the molecule is CCC(CC)N(C)c1cccnc1CN. The van der Waals surface area contributed by atoms with Crippen molar-refractivity contribution in [3.05, 3.63) is 24.0 Å². The molecular weight excluding hydrogens is 186 g/mol. The summed E-state index contributed by atoms with van der Waals surface area (Å²) in [7, 11) is 2.12. The van der Waals surface area contributed by atoms with Crippen molar-refractivity contribution in [3.8, 4) is 0 Å². The van der Waals surface area contributed by atoms with Gasteiger partial charge in [0, 0.05) is 25.8 Å². The van der Waals surface area contributed by atoms with E-state index < -0.39 is 0 Å². The Hall–Kier alpha value is -1.09. The molecule has 0 amide bonds. The van der Waals surface area contributed by atoms with Gasteiger partial charge in [-0.2, -0.15) is 0 Å². The Morgan fingerprint density at radius 1 is 1.40 bits per heavy atom. The third kappa shape index (κ3) is 2.69. The Balaban J connectivity index is 2.93. The van der Waals surface area contributed by atoms with Gasteiger partial charge in [-0.25, -0.2) is 0 Å². The van der Waals surface area contributed by atoms with Gasteiger partial charge in [-0.3, -0.25) is 4.98 Å². The van der Waals surface area contributed by atoms with E-state index in [-0.39, 0.29) is 0 Å². The monoisotopic (exact) mass is 207 g/mol. The van der Waals surface area contributed by atoms with Crippen LogP contribution in [-0.2, 0) is 6.54 Å². The zero-order valence-corrected chi connectivity index (χ0v) is 9.90. The highest BCUT2D eigenvalue weighted by Crippen LogP contribution is 2.21. The van der Waals surface area contributed by atoms with Crippen LogP contribution in [0.3, 0.4) is 0 Å². The number of nitrogens with two attached hydrogens (primary N) is 1. The van der Waals surface area contributed by atoms with Crippen molar-refractivity contribution in [1.29, 1.82) is 0 Å². The van der Waals surface area contributed by atoms with Crippen LogP contribution in [-0.4, -0.2) is 18.1 Å². The van der Waals surface area contributed by atoms with Crippen LogP contribution < -0.4 is 10.6 Å². The van der Waals surface area contributed by atoms with E-state index in [1.165, 1.54) is 0 Å². The minimum absolute atomic E-state index is 0.501. The standard InChI is InChI=1S/C12H21N3/c1-4-10(5-2)15(3)12-7-6-8-14-11(12)9-13/h6-8,10H,4-5,9,13H2,1-3H3. The zero-order chi connectivity index (χ0) is 11.3. The molecule has 0 aliphatic carbocycles. The number of aromatic nitrogens is 1. The van der Waals surface area contributed by atoms with Crippen LogP contribution in [0.2, 0.25) is 0 Å². The fourth-order valence-corrected chi connectivity index (χ4v) is 1.94. The first-order valence-electron chi connectivity index (χ1n) is 5.61. The summed E-state index contributed by atoms with van der Waals surface area (Å²) in [4.78, 5) is 6.59. The van der Waals surface area contributed by atoms with E-state index in [1.807, 2.05) is 6.07 Å². The Bertz CT molecular complexity index is 295. The van der Waals surface area contributed by atoms with Crippen molar-refractivity contribution in [2.45, 2.75) is 39.3 Å². The molecule has 1 heterocycles. The van der Waals surface area contributed by atoms with Gasteiger partial charge < -0.3 is 10.6 Å². The summed E-state index contributed by atoms with van der Waals surface area (Å²) in [6.45, 7) is 4.92. The molecule has 1 aromatic heterocycles. The van der Waals surface area contributed by atoms with Gasteiger partial charge in [0.1, 0.15) is 0 Å². The summed E-state index contributed by atoms with van der Waals surface area (Å²) >= 11 is 0. The molecule has 0 unspecified atom stereocenters. The molecule has 0 aromatic carbocycles. The van der Waals surface area contributed by atoms with Crippen LogP contribution in [0.15, 0.2) is 18.3 Å². The largest absolute Gasteiger partial charge is 0.370 e. The highest BCUT2D eigenvalue weighted by atomic mass is 15.1. The van der Waals surface area contributed by atoms with Gasteiger partial charge in [0.2, 0.25) is 0 Å². The molecule has 0 saturated carbocycles. The number of anilines is 1. The maximum atomic E-state index is 5.68. The van der Waals surface area contributed by atoms with Crippen LogP contribution in [0.4, 0.5) is 5.69 Å². The van der Waals surface area contributed by atoms with Gasteiger partial charge >= 0.3 is 0 Å². The van der Waals surface area contributed by atoms with Crippen molar-refractivity contribution in [2.24, 2.45) is 5.73 Å². The van der Waals surface area contributed by atoms with Crippen LogP contribution in [0.5, 0.6) is 0 Å². The molecule has 0 saturated heterocycles. The van der Waals surface area contributed by atoms with Crippen LogP contribution in [0.1, 0.15) is 32.4 Å². The Morgan fingerprint density at radius 2 is 2.07 bits per heavy atom. The first-order valence-corrected chi connectivity index (χ1v) is 5.61. The molecule has 0 spiro atoms. The Kier molecular flexibility index (Phi) is 4.56. The summed E-state index contributed by atoms with van der Waals surface area (Å²) in [5, 5.41) is 0. The van der Waals surface area contributed by atoms with E-state index in [1.54, 1.807) is 6.20 Å². The summed E-state index contributed by atoms with van der Waals surface area (Å²) in [6, 6.07) is 4.63. The number of rotatable bonds is 5. The van der Waals surface area contributed by atoms with Crippen molar-refractivity contribution in [2.75, 3.05) is 11.9 Å². The first kappa shape index (κ1) is 12.0. The molecule has 0 atom stereocenters. The molecule has 1 rings (SSSR count). The van der Waals surface area contributed by atoms with Gasteiger partial charge in [-0.05, 0) is 25.0 Å². The average molecular weight is 207 g/mol. The molecule has 3 heteroatoms. The van der Waals surface area contributed by atoms with Gasteiger partial charge in [0.05, 0.1) is 11.4 Å². The lowest BCUT2D eigenvalue weighted by molar-refractivity contribution is 0.589. The van der Waals surface area contributed by atoms with E-state index in [9.17, 15) is 0 Å². The Labute approximate surface area is 92.3 Å². The molecule has 84 valence electrons. The lowest BCUT2D eigenvalue weighted by Gasteiger charge is -2.29. The normalized spacial score (nSPS) is 10.7. The van der Waals surface area contributed by atoms with Gasteiger partial charge in [0.15, 0.2) is 0 Å². The summed E-state index contributed by atoms with van der Waals surface area (Å²) in [6.07, 6.45) is 4.09. The third-order valence-corrected chi connectivity index (χ3v) is 2.93. The maximum Gasteiger partial charge on any atom is 0.0772 e. The van der Waals surface area contributed by atoms with Gasteiger partial charge in [-0.15, -0.1) is 0 Å². The molecule has 0 aliphatic rings. The van der Waals surface area contributed by atoms with Crippen molar-refractivity contribution < 1.29 is 0 Å². The predicted octanol–water partition coefficient (Wildman–Crippen LogP) is 2.17. The van der Waals surface area contributed by atoms with E-state index in [4.69, 9.17) is 5.73 Å². The Morgan fingerprint density at radius 3 is 2.60 bits per heavy atom. The van der Waals surface area contributed by atoms with E-state index in [0.29, 0.717) is 12.6 Å². The summed E-state index contributed by atoms with van der Waals surface area (Å²) < 4.78 is 0. The van der Waals surface area contributed by atoms with Crippen LogP contribution >= 0.6 is 0 Å². The minimum Gasteiger partial charge on any atom is -0.370 e. The fraction of sp³-hybridized carbons (Fsp3) is 0.583. The molecule has 0 aliphatic heterocycles. The maximum absolute atomic E-state index is 5.68. The second-order valence-electron chi connectivity index (χ2n) is 3.75. The fourth-order valence-electron chi connectivity index (χ4n) is 1.94. The van der Waals surface area contributed by atoms with Crippen LogP contribution in [0, 0.1) is 0 Å². The zero-order valence-electron chi connectivity index (χ0n) is 9.90. The molecular formula is C12H21N3. The van der Waals surface area contributed by atoms with Gasteiger partial charge in [-0.1, -0.05) is 13.8 Å². The quantitative estimate of drug-likeness (QED) is 0.804. The van der Waals surface area contributed by atoms with Crippen LogP contribution in [0.25, 0.3) is 0 Å². The first-order chi connectivity index (χ1) is 7.24. The predicted molar refractivity (Wildman–Crippen MR) is 64.9 cm³/mol. The summed E-state index contributed by atoms with van der Waals surface area (Å²) in [5.41, 5.74) is 7.82. The highest BCUT2D eigenvalue weighted by molar-refractivity contribution is 5.50. The summed E-state index contributed by atoms with van der Waals surface area (Å²) in [5.74, 6) is 0. The smallest absolute Gasteiger partial charge is 0.0772 e.